The van der Waals surface area contributed by atoms with Crippen LogP contribution >= 0.6 is 0 Å². The highest BCUT2D eigenvalue weighted by Gasteiger charge is 2.19. The number of hydrogen-bond acceptors (Lipinski definition) is 3. The molecular formula is C27H30N2O3. The molecule has 3 rings (SSSR count). The van der Waals surface area contributed by atoms with Crippen LogP contribution in [-0.2, 0) is 9.53 Å². The molecule has 0 aliphatic carbocycles. The first-order chi connectivity index (χ1) is 15.7. The summed E-state index contributed by atoms with van der Waals surface area (Å²) in [6, 6.07) is 27.1. The Morgan fingerprint density at radius 2 is 1.44 bits per heavy atom. The minimum absolute atomic E-state index is 0.0723. The van der Waals surface area contributed by atoms with Gasteiger partial charge in [0, 0.05) is 32.1 Å². The molecule has 0 bridgehead atoms. The van der Waals surface area contributed by atoms with Crippen LogP contribution in [0.1, 0.15) is 47.2 Å². The summed E-state index contributed by atoms with van der Waals surface area (Å²) in [6.45, 7) is 3.73. The standard InChI is InChI=1S/C27H30N2O3/c1-2-32-19-11-18-28-27(31)23-16-9-10-17-25(23)29-26(30)20-24(21-12-5-3-6-13-21)22-14-7-4-8-15-22/h3-10,12-17,24H,2,11,18-20H2,1H3,(H,28,31)(H,29,30). The first kappa shape index (κ1) is 23.2. The van der Waals surface area contributed by atoms with Gasteiger partial charge < -0.3 is 15.4 Å². The van der Waals surface area contributed by atoms with Crippen molar-refractivity contribution < 1.29 is 14.3 Å². The van der Waals surface area contributed by atoms with Crippen molar-refractivity contribution in [2.24, 2.45) is 0 Å². The molecule has 3 aromatic rings. The van der Waals surface area contributed by atoms with Crippen LogP contribution in [0.25, 0.3) is 0 Å². The molecule has 0 radical (unpaired) electrons. The lowest BCUT2D eigenvalue weighted by atomic mass is 9.88. The molecule has 0 aromatic heterocycles. The Kier molecular flexibility index (Phi) is 9.02. The molecule has 2 amide bonds. The van der Waals surface area contributed by atoms with Crippen LogP contribution in [0.15, 0.2) is 84.9 Å². The van der Waals surface area contributed by atoms with Gasteiger partial charge in [0.25, 0.3) is 5.91 Å². The minimum Gasteiger partial charge on any atom is -0.382 e. The highest BCUT2D eigenvalue weighted by molar-refractivity contribution is 6.03. The Morgan fingerprint density at radius 3 is 2.06 bits per heavy atom. The molecule has 0 fully saturated rings. The molecule has 0 spiro atoms. The van der Waals surface area contributed by atoms with Gasteiger partial charge in [-0.1, -0.05) is 72.8 Å². The third-order valence-electron chi connectivity index (χ3n) is 5.19. The number of carbonyl (C=O) groups is 2. The van der Waals surface area contributed by atoms with E-state index < -0.39 is 0 Å². The molecule has 5 heteroatoms. The van der Waals surface area contributed by atoms with Gasteiger partial charge in [0.1, 0.15) is 0 Å². The molecule has 3 aromatic carbocycles. The number of anilines is 1. The fourth-order valence-electron chi connectivity index (χ4n) is 3.59. The van der Waals surface area contributed by atoms with Gasteiger partial charge in [0.15, 0.2) is 0 Å². The first-order valence-electron chi connectivity index (χ1n) is 11.0. The number of ether oxygens (including phenoxy) is 1. The van der Waals surface area contributed by atoms with Gasteiger partial charge in [0.05, 0.1) is 11.3 Å². The molecule has 0 aliphatic rings. The van der Waals surface area contributed by atoms with Gasteiger partial charge in [-0.2, -0.15) is 0 Å². The molecule has 0 aliphatic heterocycles. The summed E-state index contributed by atoms with van der Waals surface area (Å²) < 4.78 is 5.30. The zero-order valence-electron chi connectivity index (χ0n) is 18.4. The third kappa shape index (κ3) is 6.79. The number of amides is 2. The Labute approximate surface area is 189 Å². The van der Waals surface area contributed by atoms with Gasteiger partial charge in [-0.05, 0) is 36.6 Å². The van der Waals surface area contributed by atoms with Crippen molar-refractivity contribution in [3.05, 3.63) is 102 Å². The summed E-state index contributed by atoms with van der Waals surface area (Å²) >= 11 is 0. The van der Waals surface area contributed by atoms with Crippen molar-refractivity contribution in [2.75, 3.05) is 25.1 Å². The highest BCUT2D eigenvalue weighted by Crippen LogP contribution is 2.28. The predicted molar refractivity (Wildman–Crippen MR) is 128 cm³/mol. The number of nitrogens with one attached hydrogen (secondary N) is 2. The van der Waals surface area contributed by atoms with Gasteiger partial charge in [-0.15, -0.1) is 0 Å². The second-order valence-electron chi connectivity index (χ2n) is 7.48. The van der Waals surface area contributed by atoms with Crippen molar-refractivity contribution in [1.82, 2.24) is 5.32 Å². The molecule has 0 saturated heterocycles. The maximum atomic E-state index is 13.0. The summed E-state index contributed by atoms with van der Waals surface area (Å²) in [5.74, 6) is -0.420. The van der Waals surface area contributed by atoms with E-state index in [1.54, 1.807) is 18.2 Å². The molecular weight excluding hydrogens is 400 g/mol. The Hall–Kier alpha value is -3.44. The molecule has 5 nitrogen and oxygen atoms in total. The van der Waals surface area contributed by atoms with Gasteiger partial charge in [-0.25, -0.2) is 0 Å². The Balaban J connectivity index is 1.69. The Morgan fingerprint density at radius 1 is 0.844 bits per heavy atom. The predicted octanol–water partition coefficient (Wildman–Crippen LogP) is 5.00. The van der Waals surface area contributed by atoms with Crippen LogP contribution in [0.4, 0.5) is 5.69 Å². The average molecular weight is 431 g/mol. The van der Waals surface area contributed by atoms with Crippen molar-refractivity contribution >= 4 is 17.5 Å². The lowest BCUT2D eigenvalue weighted by molar-refractivity contribution is -0.116. The van der Waals surface area contributed by atoms with Gasteiger partial charge in [-0.3, -0.25) is 9.59 Å². The monoisotopic (exact) mass is 430 g/mol. The maximum absolute atomic E-state index is 13.0. The molecule has 0 unspecified atom stereocenters. The first-order valence-corrected chi connectivity index (χ1v) is 11.0. The topological polar surface area (TPSA) is 67.4 Å². The van der Waals surface area contributed by atoms with E-state index in [0.717, 1.165) is 17.5 Å². The summed E-state index contributed by atoms with van der Waals surface area (Å²) in [4.78, 5) is 25.7. The second-order valence-corrected chi connectivity index (χ2v) is 7.48. The minimum atomic E-state index is -0.208. The van der Waals surface area contributed by atoms with E-state index >= 15 is 0 Å². The number of para-hydroxylation sites is 1. The van der Waals surface area contributed by atoms with Crippen LogP contribution in [-0.4, -0.2) is 31.6 Å². The normalized spacial score (nSPS) is 10.7. The van der Waals surface area contributed by atoms with Crippen molar-refractivity contribution in [3.8, 4) is 0 Å². The molecule has 0 saturated carbocycles. The average Bonchev–Trinajstić information content (AvgIpc) is 2.84. The van der Waals surface area contributed by atoms with Crippen LogP contribution in [0.5, 0.6) is 0 Å². The zero-order valence-corrected chi connectivity index (χ0v) is 18.4. The lowest BCUT2D eigenvalue weighted by Crippen LogP contribution is -2.27. The summed E-state index contributed by atoms with van der Waals surface area (Å²) in [6.07, 6.45) is 1.02. The van der Waals surface area contributed by atoms with Crippen LogP contribution in [0, 0.1) is 0 Å². The van der Waals surface area contributed by atoms with E-state index in [9.17, 15) is 9.59 Å². The van der Waals surface area contributed by atoms with E-state index in [2.05, 4.69) is 10.6 Å². The van der Waals surface area contributed by atoms with E-state index in [1.807, 2.05) is 73.7 Å². The van der Waals surface area contributed by atoms with Gasteiger partial charge in [0.2, 0.25) is 5.91 Å². The molecule has 2 N–H and O–H groups in total. The Bertz CT molecular complexity index is 951. The fraction of sp³-hybridized carbons (Fsp3) is 0.259. The van der Waals surface area contributed by atoms with Crippen molar-refractivity contribution in [3.63, 3.8) is 0 Å². The lowest BCUT2D eigenvalue weighted by Gasteiger charge is -2.18. The number of rotatable bonds is 11. The van der Waals surface area contributed by atoms with E-state index in [-0.39, 0.29) is 24.2 Å². The summed E-state index contributed by atoms with van der Waals surface area (Å²) in [7, 11) is 0. The summed E-state index contributed by atoms with van der Waals surface area (Å²) in [5.41, 5.74) is 3.12. The second kappa shape index (κ2) is 12.4. The number of hydrogen-bond donors (Lipinski definition) is 2. The van der Waals surface area contributed by atoms with E-state index in [0.29, 0.717) is 31.0 Å². The largest absolute Gasteiger partial charge is 0.382 e. The molecule has 0 heterocycles. The molecule has 166 valence electrons. The van der Waals surface area contributed by atoms with Gasteiger partial charge >= 0.3 is 0 Å². The molecule has 0 atom stereocenters. The summed E-state index contributed by atoms with van der Waals surface area (Å²) in [5, 5.41) is 5.84. The van der Waals surface area contributed by atoms with Crippen molar-refractivity contribution in [2.45, 2.75) is 25.7 Å². The van der Waals surface area contributed by atoms with E-state index in [4.69, 9.17) is 4.74 Å². The maximum Gasteiger partial charge on any atom is 0.253 e. The number of benzene rings is 3. The quantitative estimate of drug-likeness (QED) is 0.421. The SMILES string of the molecule is CCOCCCNC(=O)c1ccccc1NC(=O)CC(c1ccccc1)c1ccccc1. The smallest absolute Gasteiger partial charge is 0.253 e. The number of carbonyl (C=O) groups excluding carboxylic acids is 2. The van der Waals surface area contributed by atoms with Crippen LogP contribution in [0.2, 0.25) is 0 Å². The van der Waals surface area contributed by atoms with Crippen LogP contribution in [0.3, 0.4) is 0 Å². The zero-order chi connectivity index (χ0) is 22.6. The fourth-order valence-corrected chi connectivity index (χ4v) is 3.59. The van der Waals surface area contributed by atoms with Crippen LogP contribution < -0.4 is 10.6 Å². The molecule has 32 heavy (non-hydrogen) atoms. The van der Waals surface area contributed by atoms with Crippen molar-refractivity contribution in [1.29, 1.82) is 0 Å². The van der Waals surface area contributed by atoms with E-state index in [1.165, 1.54) is 0 Å². The highest BCUT2D eigenvalue weighted by atomic mass is 16.5. The third-order valence-corrected chi connectivity index (χ3v) is 5.19.